The normalized spacial score (nSPS) is 11.6. The van der Waals surface area contributed by atoms with E-state index < -0.39 is 29.9 Å². The van der Waals surface area contributed by atoms with Gasteiger partial charge in [0.25, 0.3) is 5.91 Å². The molecule has 1 aromatic rings. The number of rotatable bonds is 5. The maximum Gasteiger partial charge on any atom is 0.254 e. The molecule has 7 nitrogen and oxygen atoms in total. The van der Waals surface area contributed by atoms with Crippen LogP contribution in [-0.2, 0) is 9.59 Å². The van der Waals surface area contributed by atoms with E-state index in [1.54, 1.807) is 0 Å². The molecular formula is C10H11N3O4. The molecule has 7 heteroatoms. The van der Waals surface area contributed by atoms with E-state index in [4.69, 9.17) is 10.9 Å². The molecule has 0 saturated heterocycles. The lowest BCUT2D eigenvalue weighted by Crippen LogP contribution is -2.36. The van der Waals surface area contributed by atoms with Crippen LogP contribution in [0.4, 0.5) is 0 Å². The predicted molar refractivity (Wildman–Crippen MR) is 55.8 cm³/mol. The summed E-state index contributed by atoms with van der Waals surface area (Å²) in [5, 5.41) is 8.49. The molecule has 4 N–H and O–H groups in total. The minimum Gasteiger partial charge on any atom is -0.370 e. The van der Waals surface area contributed by atoms with Crippen LogP contribution in [-0.4, -0.2) is 27.8 Å². The Morgan fingerprint density at radius 1 is 1.47 bits per heavy atom. The molecule has 90 valence electrons. The number of Topliss-reactive ketones (excluding diaryl/α,β-unsaturated/α-hetero) is 1. The van der Waals surface area contributed by atoms with Gasteiger partial charge in [0, 0.05) is 24.4 Å². The quantitative estimate of drug-likeness (QED) is 0.269. The monoisotopic (exact) mass is 237 g/mol. The molecule has 1 unspecified atom stereocenters. The van der Waals surface area contributed by atoms with Crippen molar-refractivity contribution in [3.8, 4) is 0 Å². The van der Waals surface area contributed by atoms with Crippen LogP contribution in [0.2, 0.25) is 0 Å². The third-order valence-electron chi connectivity index (χ3n) is 2.09. The second-order valence-corrected chi connectivity index (χ2v) is 3.31. The van der Waals surface area contributed by atoms with Gasteiger partial charge in [0.1, 0.15) is 5.92 Å². The van der Waals surface area contributed by atoms with Crippen LogP contribution in [0.1, 0.15) is 16.8 Å². The smallest absolute Gasteiger partial charge is 0.254 e. The van der Waals surface area contributed by atoms with Gasteiger partial charge in [0.15, 0.2) is 5.78 Å². The van der Waals surface area contributed by atoms with E-state index in [2.05, 4.69) is 4.98 Å². The van der Waals surface area contributed by atoms with Crippen molar-refractivity contribution in [2.24, 2.45) is 11.7 Å². The molecule has 0 fully saturated rings. The number of ketones is 1. The van der Waals surface area contributed by atoms with Crippen molar-refractivity contribution < 1.29 is 19.6 Å². The highest BCUT2D eigenvalue weighted by atomic mass is 16.5. The number of carbonyl (C=O) groups excluding carboxylic acids is 3. The van der Waals surface area contributed by atoms with Crippen molar-refractivity contribution in [3.05, 3.63) is 30.1 Å². The Morgan fingerprint density at radius 2 is 2.18 bits per heavy atom. The van der Waals surface area contributed by atoms with Crippen LogP contribution in [0.3, 0.4) is 0 Å². The number of amides is 2. The molecule has 1 rings (SSSR count). The highest BCUT2D eigenvalue weighted by Gasteiger charge is 2.29. The number of carbonyl (C=O) groups is 3. The maximum atomic E-state index is 11.9. The van der Waals surface area contributed by atoms with Crippen LogP contribution < -0.4 is 11.2 Å². The first-order chi connectivity index (χ1) is 8.06. The fourth-order valence-electron chi connectivity index (χ4n) is 1.29. The standard InChI is InChI=1S/C10H11N3O4/c11-8(14)4-7(10(16)13-17)9(15)6-2-1-3-12-5-6/h1-3,5,7,17H,4H2,(H2,11,14)(H,13,16). The number of pyridine rings is 1. The molecule has 0 radical (unpaired) electrons. The van der Waals surface area contributed by atoms with Gasteiger partial charge in [0.05, 0.1) is 0 Å². The molecule has 0 aliphatic heterocycles. The Bertz CT molecular complexity index is 432. The second kappa shape index (κ2) is 5.71. The molecule has 0 aliphatic carbocycles. The van der Waals surface area contributed by atoms with Crippen LogP contribution in [0.15, 0.2) is 24.5 Å². The number of aromatic nitrogens is 1. The lowest BCUT2D eigenvalue weighted by Gasteiger charge is -2.11. The van der Waals surface area contributed by atoms with E-state index in [1.165, 1.54) is 30.0 Å². The highest BCUT2D eigenvalue weighted by Crippen LogP contribution is 2.11. The number of hydroxylamine groups is 1. The van der Waals surface area contributed by atoms with Gasteiger partial charge < -0.3 is 5.73 Å². The van der Waals surface area contributed by atoms with Crippen molar-refractivity contribution >= 4 is 17.6 Å². The predicted octanol–water partition coefficient (Wildman–Crippen LogP) is -0.739. The summed E-state index contributed by atoms with van der Waals surface area (Å²) in [5.74, 6) is -3.75. The fourth-order valence-corrected chi connectivity index (χ4v) is 1.29. The molecule has 0 bridgehead atoms. The summed E-state index contributed by atoms with van der Waals surface area (Å²) in [5.41, 5.74) is 6.44. The minimum atomic E-state index is -1.35. The Balaban J connectivity index is 2.94. The number of hydrogen-bond donors (Lipinski definition) is 3. The van der Waals surface area contributed by atoms with Gasteiger partial charge in [-0.3, -0.25) is 24.6 Å². The Morgan fingerprint density at radius 3 is 2.65 bits per heavy atom. The average molecular weight is 237 g/mol. The molecule has 1 heterocycles. The molecular weight excluding hydrogens is 226 g/mol. The van der Waals surface area contributed by atoms with Gasteiger partial charge in [-0.1, -0.05) is 0 Å². The fraction of sp³-hybridized carbons (Fsp3) is 0.200. The SMILES string of the molecule is NC(=O)CC(C(=O)NO)C(=O)c1cccnc1. The van der Waals surface area contributed by atoms with E-state index in [9.17, 15) is 14.4 Å². The summed E-state index contributed by atoms with van der Waals surface area (Å²) in [6, 6.07) is 2.97. The van der Waals surface area contributed by atoms with E-state index >= 15 is 0 Å². The summed E-state index contributed by atoms with van der Waals surface area (Å²) >= 11 is 0. The number of hydrogen-bond acceptors (Lipinski definition) is 5. The van der Waals surface area contributed by atoms with Gasteiger partial charge in [0.2, 0.25) is 5.91 Å². The van der Waals surface area contributed by atoms with Crippen LogP contribution in [0.5, 0.6) is 0 Å². The zero-order valence-corrected chi connectivity index (χ0v) is 8.79. The molecule has 0 saturated carbocycles. The van der Waals surface area contributed by atoms with E-state index in [-0.39, 0.29) is 5.56 Å². The van der Waals surface area contributed by atoms with Crippen molar-refractivity contribution in [2.45, 2.75) is 6.42 Å². The summed E-state index contributed by atoms with van der Waals surface area (Å²) in [6.45, 7) is 0. The lowest BCUT2D eigenvalue weighted by atomic mass is 9.94. The second-order valence-electron chi connectivity index (χ2n) is 3.31. The Labute approximate surface area is 96.6 Å². The molecule has 2 amide bonds. The first kappa shape index (κ1) is 12.8. The summed E-state index contributed by atoms with van der Waals surface area (Å²) in [7, 11) is 0. The zero-order chi connectivity index (χ0) is 12.8. The van der Waals surface area contributed by atoms with Crippen LogP contribution >= 0.6 is 0 Å². The molecule has 0 aliphatic rings. The zero-order valence-electron chi connectivity index (χ0n) is 8.79. The number of nitrogens with two attached hydrogens (primary N) is 1. The van der Waals surface area contributed by atoms with Gasteiger partial charge >= 0.3 is 0 Å². The van der Waals surface area contributed by atoms with Gasteiger partial charge in [-0.05, 0) is 12.1 Å². The molecule has 1 aromatic heterocycles. The first-order valence-corrected chi connectivity index (χ1v) is 4.72. The molecule has 17 heavy (non-hydrogen) atoms. The third-order valence-corrected chi connectivity index (χ3v) is 2.09. The van der Waals surface area contributed by atoms with Gasteiger partial charge in [-0.25, -0.2) is 5.48 Å². The third kappa shape index (κ3) is 3.35. The Hall–Kier alpha value is -2.28. The molecule has 0 aromatic carbocycles. The summed E-state index contributed by atoms with van der Waals surface area (Å²) in [6.07, 6.45) is 2.26. The van der Waals surface area contributed by atoms with Crippen LogP contribution in [0, 0.1) is 5.92 Å². The van der Waals surface area contributed by atoms with Crippen molar-refractivity contribution in [1.82, 2.24) is 10.5 Å². The van der Waals surface area contributed by atoms with Crippen molar-refractivity contribution in [3.63, 3.8) is 0 Å². The van der Waals surface area contributed by atoms with Crippen molar-refractivity contribution in [2.75, 3.05) is 0 Å². The van der Waals surface area contributed by atoms with E-state index in [1.807, 2.05) is 0 Å². The largest absolute Gasteiger partial charge is 0.370 e. The van der Waals surface area contributed by atoms with E-state index in [0.29, 0.717) is 0 Å². The first-order valence-electron chi connectivity index (χ1n) is 4.72. The number of nitrogens with zero attached hydrogens (tertiary/aromatic N) is 1. The van der Waals surface area contributed by atoms with Crippen molar-refractivity contribution in [1.29, 1.82) is 0 Å². The average Bonchev–Trinajstić information content (AvgIpc) is 2.35. The molecule has 1 atom stereocenters. The number of primary amides is 1. The van der Waals surface area contributed by atoms with Gasteiger partial charge in [-0.15, -0.1) is 0 Å². The highest BCUT2D eigenvalue weighted by molar-refractivity contribution is 6.11. The lowest BCUT2D eigenvalue weighted by molar-refractivity contribution is -0.134. The Kier molecular flexibility index (Phi) is 4.29. The van der Waals surface area contributed by atoms with E-state index in [0.717, 1.165) is 0 Å². The summed E-state index contributed by atoms with van der Waals surface area (Å²) in [4.78, 5) is 37.6. The van der Waals surface area contributed by atoms with Crippen LogP contribution in [0.25, 0.3) is 0 Å². The van der Waals surface area contributed by atoms with Gasteiger partial charge in [-0.2, -0.15) is 0 Å². The minimum absolute atomic E-state index is 0.169. The summed E-state index contributed by atoms with van der Waals surface area (Å²) < 4.78 is 0. The molecule has 0 spiro atoms. The number of nitrogens with one attached hydrogen (secondary N) is 1. The topological polar surface area (TPSA) is 122 Å². The maximum absolute atomic E-state index is 11.9.